The Kier molecular flexibility index (Phi) is 2.15. The van der Waals surface area contributed by atoms with Crippen molar-refractivity contribution in [3.63, 3.8) is 0 Å². The van der Waals surface area contributed by atoms with E-state index in [1.165, 1.54) is 17.4 Å². The molecule has 3 aromatic rings. The van der Waals surface area contributed by atoms with Crippen LogP contribution in [0.5, 0.6) is 0 Å². The largest absolute Gasteiger partial charge is 0.475 e. The van der Waals surface area contributed by atoms with Gasteiger partial charge in [0.25, 0.3) is 0 Å². The van der Waals surface area contributed by atoms with Gasteiger partial charge >= 0.3 is 5.97 Å². The van der Waals surface area contributed by atoms with Gasteiger partial charge < -0.3 is 9.52 Å². The minimum absolute atomic E-state index is 0.116. The van der Waals surface area contributed by atoms with Crippen molar-refractivity contribution in [2.75, 3.05) is 0 Å². The van der Waals surface area contributed by atoms with E-state index in [-0.39, 0.29) is 5.76 Å². The van der Waals surface area contributed by atoms with Crippen LogP contribution in [0, 0.1) is 0 Å². The topological polar surface area (TPSA) is 76.2 Å². The lowest BCUT2D eigenvalue weighted by molar-refractivity contribution is 0.0663. The number of furan rings is 1. The molecule has 0 atom stereocenters. The first kappa shape index (κ1) is 9.98. The fraction of sp³-hybridized carbons (Fsp3) is 0. The fourth-order valence-corrected chi connectivity index (χ4v) is 2.19. The molecule has 0 saturated heterocycles. The van der Waals surface area contributed by atoms with Gasteiger partial charge in [0.05, 0.1) is 0 Å². The van der Waals surface area contributed by atoms with Crippen molar-refractivity contribution in [3.8, 4) is 11.6 Å². The molecule has 0 amide bonds. The van der Waals surface area contributed by atoms with Crippen molar-refractivity contribution in [2.45, 2.75) is 0 Å². The van der Waals surface area contributed by atoms with Gasteiger partial charge in [0, 0.05) is 11.6 Å². The SMILES string of the molecule is O=C(O)c1ccc(-c2ncc3ccsc3n2)o1. The lowest BCUT2D eigenvalue weighted by Gasteiger charge is -1.94. The highest BCUT2D eigenvalue weighted by Gasteiger charge is 2.12. The van der Waals surface area contributed by atoms with E-state index in [4.69, 9.17) is 9.52 Å². The minimum atomic E-state index is -1.10. The molecule has 3 heterocycles. The van der Waals surface area contributed by atoms with Gasteiger partial charge in [-0.25, -0.2) is 14.8 Å². The number of carboxylic acid groups (broad SMARTS) is 1. The number of nitrogens with zero attached hydrogens (tertiary/aromatic N) is 2. The number of aromatic nitrogens is 2. The number of fused-ring (bicyclic) bond motifs is 1. The first-order valence-corrected chi connectivity index (χ1v) is 5.66. The van der Waals surface area contributed by atoms with Crippen molar-refractivity contribution in [3.05, 3.63) is 35.5 Å². The number of rotatable bonds is 2. The zero-order valence-corrected chi connectivity index (χ0v) is 9.27. The number of thiophene rings is 1. The molecule has 0 aliphatic carbocycles. The van der Waals surface area contributed by atoms with Gasteiger partial charge in [-0.05, 0) is 23.6 Å². The Morgan fingerprint density at radius 3 is 3.00 bits per heavy atom. The van der Waals surface area contributed by atoms with Crippen LogP contribution in [-0.2, 0) is 0 Å². The molecule has 0 fully saturated rings. The molecule has 0 aliphatic rings. The van der Waals surface area contributed by atoms with Crippen LogP contribution in [0.25, 0.3) is 21.8 Å². The van der Waals surface area contributed by atoms with Crippen molar-refractivity contribution < 1.29 is 14.3 Å². The van der Waals surface area contributed by atoms with Crippen LogP contribution in [0.1, 0.15) is 10.6 Å². The van der Waals surface area contributed by atoms with E-state index in [1.807, 2.05) is 11.4 Å². The molecule has 17 heavy (non-hydrogen) atoms. The second kappa shape index (κ2) is 3.67. The molecule has 0 saturated carbocycles. The maximum atomic E-state index is 10.7. The fourth-order valence-electron chi connectivity index (χ4n) is 1.45. The molecule has 0 unspecified atom stereocenters. The van der Waals surface area contributed by atoms with E-state index < -0.39 is 5.97 Å². The standard InChI is InChI=1S/C11H6N2O3S/c14-11(15)8-2-1-7(16-8)9-12-5-6-3-4-17-10(6)13-9/h1-5H,(H,14,15). The molecule has 6 heteroatoms. The molecule has 0 aromatic carbocycles. The summed E-state index contributed by atoms with van der Waals surface area (Å²) in [6.45, 7) is 0. The third kappa shape index (κ3) is 1.68. The van der Waals surface area contributed by atoms with Gasteiger partial charge in [-0.1, -0.05) is 0 Å². The molecule has 0 spiro atoms. The zero-order valence-electron chi connectivity index (χ0n) is 8.45. The second-order valence-electron chi connectivity index (χ2n) is 3.34. The second-order valence-corrected chi connectivity index (χ2v) is 4.24. The van der Waals surface area contributed by atoms with Crippen molar-refractivity contribution in [2.24, 2.45) is 0 Å². The molecule has 1 N–H and O–H groups in total. The summed E-state index contributed by atoms with van der Waals surface area (Å²) in [5, 5.41) is 11.6. The van der Waals surface area contributed by atoms with E-state index in [0.29, 0.717) is 11.6 Å². The van der Waals surface area contributed by atoms with Crippen molar-refractivity contribution in [1.82, 2.24) is 9.97 Å². The molecule has 84 valence electrons. The van der Waals surface area contributed by atoms with Crippen LogP contribution in [0.2, 0.25) is 0 Å². The molecule has 0 bridgehead atoms. The molecular weight excluding hydrogens is 240 g/mol. The van der Waals surface area contributed by atoms with E-state index in [9.17, 15) is 4.79 Å². The maximum Gasteiger partial charge on any atom is 0.371 e. The molecular formula is C11H6N2O3S. The van der Waals surface area contributed by atoms with Gasteiger partial charge in [-0.15, -0.1) is 11.3 Å². The van der Waals surface area contributed by atoms with Crippen LogP contribution in [0.15, 0.2) is 34.2 Å². The monoisotopic (exact) mass is 246 g/mol. The van der Waals surface area contributed by atoms with Crippen molar-refractivity contribution >= 4 is 27.5 Å². The van der Waals surface area contributed by atoms with Gasteiger partial charge in [-0.2, -0.15) is 0 Å². The summed E-state index contributed by atoms with van der Waals surface area (Å²) in [5.74, 6) is -0.464. The number of aromatic carboxylic acids is 1. The average Bonchev–Trinajstić information content (AvgIpc) is 2.97. The Morgan fingerprint density at radius 2 is 2.24 bits per heavy atom. The third-order valence-corrected chi connectivity index (χ3v) is 3.07. The van der Waals surface area contributed by atoms with Crippen molar-refractivity contribution in [1.29, 1.82) is 0 Å². The average molecular weight is 246 g/mol. The smallest absolute Gasteiger partial charge is 0.371 e. The summed E-state index contributed by atoms with van der Waals surface area (Å²) in [6.07, 6.45) is 1.69. The minimum Gasteiger partial charge on any atom is -0.475 e. The van der Waals surface area contributed by atoms with Crippen LogP contribution in [0.3, 0.4) is 0 Å². The van der Waals surface area contributed by atoms with E-state index >= 15 is 0 Å². The van der Waals surface area contributed by atoms with Gasteiger partial charge in [0.1, 0.15) is 4.83 Å². The van der Waals surface area contributed by atoms with Gasteiger partial charge in [0.15, 0.2) is 11.6 Å². The number of hydrogen-bond donors (Lipinski definition) is 1. The van der Waals surface area contributed by atoms with Crippen LogP contribution in [0.4, 0.5) is 0 Å². The van der Waals surface area contributed by atoms with Crippen LogP contribution < -0.4 is 0 Å². The highest BCUT2D eigenvalue weighted by atomic mass is 32.1. The number of carboxylic acids is 1. The number of carbonyl (C=O) groups is 1. The highest BCUT2D eigenvalue weighted by molar-refractivity contribution is 7.16. The molecule has 5 nitrogen and oxygen atoms in total. The first-order chi connectivity index (χ1) is 8.24. The summed E-state index contributed by atoms with van der Waals surface area (Å²) in [5.41, 5.74) is 0. The highest BCUT2D eigenvalue weighted by Crippen LogP contribution is 2.23. The lowest BCUT2D eigenvalue weighted by Crippen LogP contribution is -1.92. The predicted molar refractivity (Wildman–Crippen MR) is 62.1 cm³/mol. The zero-order chi connectivity index (χ0) is 11.8. The maximum absolute atomic E-state index is 10.7. The normalized spacial score (nSPS) is 10.8. The quantitative estimate of drug-likeness (QED) is 0.752. The van der Waals surface area contributed by atoms with Gasteiger partial charge in [0.2, 0.25) is 5.76 Å². The summed E-state index contributed by atoms with van der Waals surface area (Å²) in [6, 6.07) is 4.87. The summed E-state index contributed by atoms with van der Waals surface area (Å²) in [4.78, 5) is 20.0. The molecule has 0 radical (unpaired) electrons. The Bertz CT molecular complexity index is 701. The summed E-state index contributed by atoms with van der Waals surface area (Å²) in [7, 11) is 0. The van der Waals surface area contributed by atoms with E-state index in [2.05, 4.69) is 9.97 Å². The third-order valence-electron chi connectivity index (χ3n) is 2.24. The van der Waals surface area contributed by atoms with Gasteiger partial charge in [-0.3, -0.25) is 0 Å². The Balaban J connectivity index is 2.09. The lowest BCUT2D eigenvalue weighted by atomic mass is 10.4. The Morgan fingerprint density at radius 1 is 1.35 bits per heavy atom. The molecule has 0 aliphatic heterocycles. The van der Waals surface area contributed by atoms with Crippen LogP contribution in [-0.4, -0.2) is 21.0 Å². The molecule has 3 rings (SSSR count). The van der Waals surface area contributed by atoms with E-state index in [0.717, 1.165) is 10.2 Å². The first-order valence-electron chi connectivity index (χ1n) is 4.78. The van der Waals surface area contributed by atoms with Crippen LogP contribution >= 0.6 is 11.3 Å². The Hall–Kier alpha value is -2.21. The van der Waals surface area contributed by atoms with E-state index in [1.54, 1.807) is 12.3 Å². The molecule has 3 aromatic heterocycles. The predicted octanol–water partition coefficient (Wildman–Crippen LogP) is 2.65. The number of hydrogen-bond acceptors (Lipinski definition) is 5. The summed E-state index contributed by atoms with van der Waals surface area (Å²) >= 11 is 1.50. The Labute approximate surface area is 99.4 Å². The summed E-state index contributed by atoms with van der Waals surface area (Å²) < 4.78 is 5.14.